The largest absolute Gasteiger partial charge is 0.573 e. The summed E-state index contributed by atoms with van der Waals surface area (Å²) in [4.78, 5) is 19.5. The zero-order valence-electron chi connectivity index (χ0n) is 21.8. The number of carbonyl (C=O) groups is 1. The van der Waals surface area contributed by atoms with Crippen LogP contribution in [-0.2, 0) is 13.0 Å². The molecule has 2 aromatic heterocycles. The number of hydrogen-bond acceptors (Lipinski definition) is 4. The molecule has 1 N–H and O–H groups in total. The molecule has 2 fully saturated rings. The Morgan fingerprint density at radius 2 is 1.77 bits per heavy atom. The molecule has 6 nitrogen and oxygen atoms in total. The van der Waals surface area contributed by atoms with Crippen molar-refractivity contribution in [1.29, 1.82) is 0 Å². The van der Waals surface area contributed by atoms with Gasteiger partial charge in [0.15, 0.2) is 11.5 Å². The SMILES string of the molecule is CCc1nc2c(F)cccn2c1C(=O)NCc1ccc(C2CC3(C2)CN(c2ccc(OC(F)(F)F)cc2)C3)cc1. The summed E-state index contributed by atoms with van der Waals surface area (Å²) in [6.45, 7) is 4.01. The predicted molar refractivity (Wildman–Crippen MR) is 142 cm³/mol. The minimum Gasteiger partial charge on any atom is -0.406 e. The van der Waals surface area contributed by atoms with Gasteiger partial charge in [-0.2, -0.15) is 0 Å². The van der Waals surface area contributed by atoms with Crippen LogP contribution in [0.25, 0.3) is 5.65 Å². The quantitative estimate of drug-likeness (QED) is 0.276. The number of anilines is 1. The Bertz CT molecular complexity index is 1530. The number of amides is 1. The van der Waals surface area contributed by atoms with Crippen molar-refractivity contribution in [2.24, 2.45) is 5.41 Å². The molecular weight excluding hydrogens is 524 g/mol. The molecular formula is C30H28F4N4O2. The van der Waals surface area contributed by atoms with E-state index >= 15 is 0 Å². The van der Waals surface area contributed by atoms with Gasteiger partial charge in [0.05, 0.1) is 5.69 Å². The van der Waals surface area contributed by atoms with E-state index in [0.717, 1.165) is 37.2 Å². The molecule has 2 aliphatic rings. The van der Waals surface area contributed by atoms with E-state index in [0.29, 0.717) is 30.3 Å². The van der Waals surface area contributed by atoms with Crippen molar-refractivity contribution in [2.45, 2.75) is 45.0 Å². The lowest BCUT2D eigenvalue weighted by Gasteiger charge is -2.60. The maximum absolute atomic E-state index is 14.1. The van der Waals surface area contributed by atoms with Crippen molar-refractivity contribution in [3.63, 3.8) is 0 Å². The van der Waals surface area contributed by atoms with Crippen LogP contribution in [0.4, 0.5) is 23.2 Å². The maximum Gasteiger partial charge on any atom is 0.573 e. The first-order valence-electron chi connectivity index (χ1n) is 13.3. The fourth-order valence-electron chi connectivity index (χ4n) is 6.03. The number of fused-ring (bicyclic) bond motifs is 1. The van der Waals surface area contributed by atoms with Crippen LogP contribution in [-0.4, -0.2) is 34.7 Å². The Morgan fingerprint density at radius 1 is 1.07 bits per heavy atom. The molecule has 4 aromatic rings. The van der Waals surface area contributed by atoms with Crippen LogP contribution in [0.3, 0.4) is 0 Å². The van der Waals surface area contributed by atoms with Gasteiger partial charge in [0, 0.05) is 36.9 Å². The molecule has 208 valence electrons. The molecule has 0 atom stereocenters. The Balaban J connectivity index is 1.01. The van der Waals surface area contributed by atoms with Crippen molar-refractivity contribution >= 4 is 17.2 Å². The van der Waals surface area contributed by atoms with Crippen LogP contribution in [0.5, 0.6) is 5.75 Å². The minimum atomic E-state index is -4.69. The highest BCUT2D eigenvalue weighted by atomic mass is 19.4. The molecule has 0 unspecified atom stereocenters. The van der Waals surface area contributed by atoms with E-state index < -0.39 is 12.2 Å². The first kappa shape index (κ1) is 26.2. The Morgan fingerprint density at radius 3 is 2.42 bits per heavy atom. The summed E-state index contributed by atoms with van der Waals surface area (Å²) in [7, 11) is 0. The van der Waals surface area contributed by atoms with Crippen molar-refractivity contribution in [2.75, 3.05) is 18.0 Å². The van der Waals surface area contributed by atoms with Crippen LogP contribution in [0.1, 0.15) is 53.0 Å². The highest BCUT2D eigenvalue weighted by Gasteiger charge is 2.52. The van der Waals surface area contributed by atoms with Gasteiger partial charge in [-0.25, -0.2) is 9.37 Å². The third-order valence-electron chi connectivity index (χ3n) is 7.98. The number of ether oxygens (including phenoxy) is 1. The van der Waals surface area contributed by atoms with Gasteiger partial charge in [-0.15, -0.1) is 13.2 Å². The fraction of sp³-hybridized carbons (Fsp3) is 0.333. The van der Waals surface area contributed by atoms with Crippen LogP contribution in [0, 0.1) is 11.2 Å². The molecule has 1 spiro atoms. The topological polar surface area (TPSA) is 58.9 Å². The van der Waals surface area contributed by atoms with Gasteiger partial charge in [0.1, 0.15) is 11.4 Å². The molecule has 2 aromatic carbocycles. The lowest BCUT2D eigenvalue weighted by molar-refractivity contribution is -0.274. The van der Waals surface area contributed by atoms with Gasteiger partial charge in [0.2, 0.25) is 0 Å². The number of alkyl halides is 3. The molecule has 1 saturated heterocycles. The molecule has 0 bridgehead atoms. The van der Waals surface area contributed by atoms with E-state index in [1.165, 1.54) is 28.2 Å². The molecule has 10 heteroatoms. The summed E-state index contributed by atoms with van der Waals surface area (Å²) in [5, 5.41) is 2.94. The van der Waals surface area contributed by atoms with Crippen molar-refractivity contribution < 1.29 is 27.1 Å². The van der Waals surface area contributed by atoms with Crippen LogP contribution < -0.4 is 15.0 Å². The molecule has 1 amide bonds. The number of hydrogen-bond donors (Lipinski definition) is 1. The Hall–Kier alpha value is -4.08. The molecule has 40 heavy (non-hydrogen) atoms. The summed E-state index contributed by atoms with van der Waals surface area (Å²) < 4.78 is 56.7. The van der Waals surface area contributed by atoms with Crippen LogP contribution in [0.2, 0.25) is 0 Å². The number of carbonyl (C=O) groups excluding carboxylic acids is 1. The highest BCUT2D eigenvalue weighted by molar-refractivity contribution is 5.94. The standard InChI is InChI=1S/C30H28F4N4O2/c1-2-25-26(38-13-3-4-24(31)27(38)36-25)28(39)35-16-19-5-7-20(8-6-19)21-14-29(15-21)17-37(18-29)22-9-11-23(12-10-22)40-30(32,33)34/h3-13,21H,2,14-18H2,1H3,(H,35,39). The van der Waals surface area contributed by atoms with E-state index in [1.807, 2.05) is 19.1 Å². The van der Waals surface area contributed by atoms with Crippen molar-refractivity contribution in [1.82, 2.24) is 14.7 Å². The van der Waals surface area contributed by atoms with Crippen molar-refractivity contribution in [3.8, 4) is 5.75 Å². The number of aromatic nitrogens is 2. The number of imidazole rings is 1. The van der Waals surface area contributed by atoms with Gasteiger partial charge in [0.25, 0.3) is 5.91 Å². The van der Waals surface area contributed by atoms with Crippen molar-refractivity contribution in [3.05, 3.63) is 95.2 Å². The summed E-state index contributed by atoms with van der Waals surface area (Å²) >= 11 is 0. The zero-order chi connectivity index (χ0) is 28.1. The number of halogens is 4. The summed E-state index contributed by atoms with van der Waals surface area (Å²) in [6.07, 6.45) is -0.391. The smallest absolute Gasteiger partial charge is 0.406 e. The number of rotatable bonds is 7. The fourth-order valence-corrected chi connectivity index (χ4v) is 6.03. The molecule has 0 radical (unpaired) electrons. The van der Waals surface area contributed by atoms with Crippen LogP contribution in [0.15, 0.2) is 66.9 Å². The number of pyridine rings is 1. The number of nitrogens with zero attached hydrogens (tertiary/aromatic N) is 3. The second-order valence-corrected chi connectivity index (χ2v) is 10.7. The first-order chi connectivity index (χ1) is 19.1. The van der Waals surface area contributed by atoms with E-state index in [-0.39, 0.29) is 22.7 Å². The van der Waals surface area contributed by atoms with Gasteiger partial charge >= 0.3 is 6.36 Å². The number of nitrogens with one attached hydrogen (secondary N) is 1. The third kappa shape index (κ3) is 4.98. The Kier molecular flexibility index (Phi) is 6.43. The van der Waals surface area contributed by atoms with Gasteiger partial charge in [-0.05, 0) is 72.7 Å². The Labute approximate surface area is 228 Å². The van der Waals surface area contributed by atoms with Crippen LogP contribution >= 0.6 is 0 Å². The lowest BCUT2D eigenvalue weighted by Crippen LogP contribution is -2.61. The third-order valence-corrected chi connectivity index (χ3v) is 7.98. The van der Waals surface area contributed by atoms with Gasteiger partial charge < -0.3 is 15.0 Å². The number of benzene rings is 2. The van der Waals surface area contributed by atoms with Gasteiger partial charge in [-0.3, -0.25) is 9.20 Å². The monoisotopic (exact) mass is 552 g/mol. The molecule has 3 heterocycles. The molecule has 6 rings (SSSR count). The average Bonchev–Trinajstić information content (AvgIpc) is 3.26. The van der Waals surface area contributed by atoms with E-state index in [1.54, 1.807) is 24.4 Å². The summed E-state index contributed by atoms with van der Waals surface area (Å²) in [5.74, 6) is -0.506. The second-order valence-electron chi connectivity index (χ2n) is 10.7. The predicted octanol–water partition coefficient (Wildman–Crippen LogP) is 6.25. The number of aryl methyl sites for hydroxylation is 1. The second kappa shape index (κ2) is 9.83. The lowest BCUT2D eigenvalue weighted by atomic mass is 9.56. The average molecular weight is 553 g/mol. The highest BCUT2D eigenvalue weighted by Crippen LogP contribution is 2.56. The normalized spacial score (nSPS) is 16.6. The first-order valence-corrected chi connectivity index (χ1v) is 13.3. The van der Waals surface area contributed by atoms with E-state index in [4.69, 9.17) is 0 Å². The molecule has 1 aliphatic carbocycles. The summed E-state index contributed by atoms with van der Waals surface area (Å²) in [5.41, 5.74) is 4.44. The molecule has 1 saturated carbocycles. The summed E-state index contributed by atoms with van der Waals surface area (Å²) in [6, 6.07) is 17.2. The maximum atomic E-state index is 14.1. The molecule has 1 aliphatic heterocycles. The minimum absolute atomic E-state index is 0.148. The van der Waals surface area contributed by atoms with Gasteiger partial charge in [-0.1, -0.05) is 31.2 Å². The van der Waals surface area contributed by atoms with E-state index in [2.05, 4.69) is 32.1 Å². The zero-order valence-corrected chi connectivity index (χ0v) is 21.8. The van der Waals surface area contributed by atoms with E-state index in [9.17, 15) is 22.4 Å².